The Morgan fingerprint density at radius 2 is 2.09 bits per heavy atom. The van der Waals surface area contributed by atoms with Crippen molar-refractivity contribution >= 4 is 0 Å². The molecular formula is C9H19NO. The quantitative estimate of drug-likeness (QED) is 0.630. The molecule has 1 fully saturated rings. The third kappa shape index (κ3) is 2.46. The van der Waals surface area contributed by atoms with Gasteiger partial charge in [0.2, 0.25) is 0 Å². The number of aliphatic hydroxyl groups excluding tert-OH is 1. The molecule has 0 radical (unpaired) electrons. The Morgan fingerprint density at radius 3 is 2.55 bits per heavy atom. The molecule has 3 atom stereocenters. The van der Waals surface area contributed by atoms with Gasteiger partial charge in [-0.15, -0.1) is 0 Å². The van der Waals surface area contributed by atoms with Crippen molar-refractivity contribution in [3.8, 4) is 0 Å². The molecule has 0 spiro atoms. The zero-order valence-electron chi connectivity index (χ0n) is 7.51. The molecule has 2 heteroatoms. The van der Waals surface area contributed by atoms with Gasteiger partial charge in [-0.3, -0.25) is 0 Å². The zero-order valence-corrected chi connectivity index (χ0v) is 7.51. The van der Waals surface area contributed by atoms with Crippen molar-refractivity contribution in [2.75, 3.05) is 6.54 Å². The van der Waals surface area contributed by atoms with Gasteiger partial charge in [-0.2, -0.15) is 0 Å². The van der Waals surface area contributed by atoms with Gasteiger partial charge in [0.1, 0.15) is 0 Å². The summed E-state index contributed by atoms with van der Waals surface area (Å²) < 4.78 is 0. The number of aliphatic hydroxyl groups is 1. The van der Waals surface area contributed by atoms with Gasteiger partial charge in [-0.1, -0.05) is 13.3 Å². The van der Waals surface area contributed by atoms with Crippen LogP contribution in [0.2, 0.25) is 0 Å². The maximum absolute atomic E-state index is 9.33. The standard InChI is InChI=1S/C9H19NO/c1-7(8(2)11)9-5-3-4-6-10-9/h7-11H,3-6H2,1-2H3. The average molecular weight is 157 g/mol. The zero-order chi connectivity index (χ0) is 8.27. The minimum Gasteiger partial charge on any atom is -0.393 e. The van der Waals surface area contributed by atoms with Crippen molar-refractivity contribution in [2.45, 2.75) is 45.3 Å². The molecule has 2 nitrogen and oxygen atoms in total. The summed E-state index contributed by atoms with van der Waals surface area (Å²) >= 11 is 0. The molecule has 0 saturated carbocycles. The minimum absolute atomic E-state index is 0.175. The van der Waals surface area contributed by atoms with Crippen LogP contribution in [-0.2, 0) is 0 Å². The second-order valence-corrected chi connectivity index (χ2v) is 3.66. The summed E-state index contributed by atoms with van der Waals surface area (Å²) in [6.07, 6.45) is 3.66. The molecule has 11 heavy (non-hydrogen) atoms. The molecular weight excluding hydrogens is 138 g/mol. The minimum atomic E-state index is -0.175. The van der Waals surface area contributed by atoms with E-state index >= 15 is 0 Å². The largest absolute Gasteiger partial charge is 0.393 e. The SMILES string of the molecule is CC(O)C(C)C1CCCCN1. The average Bonchev–Trinajstić information content (AvgIpc) is 2.05. The highest BCUT2D eigenvalue weighted by Gasteiger charge is 2.22. The number of hydrogen-bond acceptors (Lipinski definition) is 2. The van der Waals surface area contributed by atoms with Crippen LogP contribution in [0.4, 0.5) is 0 Å². The molecule has 1 saturated heterocycles. The van der Waals surface area contributed by atoms with Crippen molar-refractivity contribution in [3.05, 3.63) is 0 Å². The first-order valence-electron chi connectivity index (χ1n) is 4.63. The molecule has 1 rings (SSSR count). The summed E-state index contributed by atoms with van der Waals surface area (Å²) in [6, 6.07) is 0.545. The lowest BCUT2D eigenvalue weighted by atomic mass is 9.90. The lowest BCUT2D eigenvalue weighted by Crippen LogP contribution is -2.42. The van der Waals surface area contributed by atoms with Crippen molar-refractivity contribution in [1.29, 1.82) is 0 Å². The summed E-state index contributed by atoms with van der Waals surface area (Å²) in [5.74, 6) is 0.398. The highest BCUT2D eigenvalue weighted by atomic mass is 16.3. The first-order chi connectivity index (χ1) is 5.22. The molecule has 0 aromatic heterocycles. The maximum atomic E-state index is 9.33. The van der Waals surface area contributed by atoms with E-state index in [0.717, 1.165) is 6.54 Å². The lowest BCUT2D eigenvalue weighted by molar-refractivity contribution is 0.102. The third-order valence-electron chi connectivity index (χ3n) is 2.74. The van der Waals surface area contributed by atoms with Crippen molar-refractivity contribution < 1.29 is 5.11 Å². The van der Waals surface area contributed by atoms with E-state index in [1.54, 1.807) is 0 Å². The summed E-state index contributed by atoms with van der Waals surface area (Å²) in [5.41, 5.74) is 0. The van der Waals surface area contributed by atoms with Gasteiger partial charge < -0.3 is 10.4 Å². The van der Waals surface area contributed by atoms with Crippen LogP contribution in [0.25, 0.3) is 0 Å². The van der Waals surface area contributed by atoms with E-state index in [1.807, 2.05) is 6.92 Å². The second-order valence-electron chi connectivity index (χ2n) is 3.66. The van der Waals surface area contributed by atoms with Gasteiger partial charge in [0.25, 0.3) is 0 Å². The monoisotopic (exact) mass is 157 g/mol. The smallest absolute Gasteiger partial charge is 0.0552 e. The summed E-state index contributed by atoms with van der Waals surface area (Å²) in [6.45, 7) is 5.12. The topological polar surface area (TPSA) is 32.3 Å². The Kier molecular flexibility index (Phi) is 3.34. The van der Waals surface area contributed by atoms with Gasteiger partial charge >= 0.3 is 0 Å². The predicted molar refractivity (Wildman–Crippen MR) is 46.5 cm³/mol. The summed E-state index contributed by atoms with van der Waals surface area (Å²) in [4.78, 5) is 0. The Balaban J connectivity index is 2.32. The van der Waals surface area contributed by atoms with Crippen LogP contribution < -0.4 is 5.32 Å². The van der Waals surface area contributed by atoms with E-state index in [0.29, 0.717) is 12.0 Å². The van der Waals surface area contributed by atoms with Gasteiger partial charge in [0, 0.05) is 6.04 Å². The van der Waals surface area contributed by atoms with Gasteiger partial charge in [-0.05, 0) is 32.2 Å². The molecule has 0 bridgehead atoms. The fourth-order valence-electron chi connectivity index (χ4n) is 1.66. The fraction of sp³-hybridized carbons (Fsp3) is 1.00. The first-order valence-corrected chi connectivity index (χ1v) is 4.63. The fourth-order valence-corrected chi connectivity index (χ4v) is 1.66. The number of hydrogen-bond donors (Lipinski definition) is 2. The maximum Gasteiger partial charge on any atom is 0.0552 e. The van der Waals surface area contributed by atoms with Crippen molar-refractivity contribution in [2.24, 2.45) is 5.92 Å². The van der Waals surface area contributed by atoms with Crippen LogP contribution in [-0.4, -0.2) is 23.8 Å². The Hall–Kier alpha value is -0.0800. The molecule has 66 valence electrons. The lowest BCUT2D eigenvalue weighted by Gasteiger charge is -2.30. The van der Waals surface area contributed by atoms with E-state index < -0.39 is 0 Å². The van der Waals surface area contributed by atoms with Crippen LogP contribution >= 0.6 is 0 Å². The number of piperidine rings is 1. The van der Waals surface area contributed by atoms with Crippen LogP contribution in [0.15, 0.2) is 0 Å². The van der Waals surface area contributed by atoms with Crippen LogP contribution in [0.5, 0.6) is 0 Å². The molecule has 3 unspecified atom stereocenters. The van der Waals surface area contributed by atoms with Crippen LogP contribution in [0.1, 0.15) is 33.1 Å². The Bertz CT molecular complexity index is 108. The van der Waals surface area contributed by atoms with Gasteiger partial charge in [-0.25, -0.2) is 0 Å². The predicted octanol–water partition coefficient (Wildman–Crippen LogP) is 1.15. The van der Waals surface area contributed by atoms with Crippen molar-refractivity contribution in [3.63, 3.8) is 0 Å². The highest BCUT2D eigenvalue weighted by molar-refractivity contribution is 4.79. The molecule has 2 N–H and O–H groups in total. The Labute approximate surface area is 69.0 Å². The van der Waals surface area contributed by atoms with E-state index in [-0.39, 0.29) is 6.10 Å². The normalized spacial score (nSPS) is 31.4. The summed E-state index contributed by atoms with van der Waals surface area (Å²) in [7, 11) is 0. The van der Waals surface area contributed by atoms with Crippen LogP contribution in [0.3, 0.4) is 0 Å². The van der Waals surface area contributed by atoms with E-state index in [9.17, 15) is 5.11 Å². The molecule has 0 amide bonds. The first kappa shape index (κ1) is 9.01. The summed E-state index contributed by atoms with van der Waals surface area (Å²) in [5, 5.41) is 12.8. The molecule has 0 aromatic carbocycles. The van der Waals surface area contributed by atoms with Crippen LogP contribution in [0, 0.1) is 5.92 Å². The molecule has 1 heterocycles. The number of rotatable bonds is 2. The third-order valence-corrected chi connectivity index (χ3v) is 2.74. The Morgan fingerprint density at radius 1 is 1.36 bits per heavy atom. The van der Waals surface area contributed by atoms with E-state index in [2.05, 4.69) is 12.2 Å². The van der Waals surface area contributed by atoms with Crippen molar-refractivity contribution in [1.82, 2.24) is 5.32 Å². The second kappa shape index (κ2) is 4.07. The van der Waals surface area contributed by atoms with E-state index in [4.69, 9.17) is 0 Å². The highest BCUT2D eigenvalue weighted by Crippen LogP contribution is 2.17. The van der Waals surface area contributed by atoms with Gasteiger partial charge in [0.15, 0.2) is 0 Å². The molecule has 1 aliphatic heterocycles. The molecule has 1 aliphatic rings. The van der Waals surface area contributed by atoms with E-state index in [1.165, 1.54) is 19.3 Å². The number of nitrogens with one attached hydrogen (secondary N) is 1. The molecule has 0 aliphatic carbocycles. The molecule has 0 aromatic rings. The van der Waals surface area contributed by atoms with Gasteiger partial charge in [0.05, 0.1) is 6.10 Å².